The molecule has 3 saturated carbocycles. The molecule has 0 aromatic rings. The normalized spacial score (nSPS) is 60.8. The van der Waals surface area contributed by atoms with Gasteiger partial charge in [-0.25, -0.2) is 0 Å². The van der Waals surface area contributed by atoms with E-state index < -0.39 is 17.3 Å². The van der Waals surface area contributed by atoms with Gasteiger partial charge in [0.25, 0.3) is 0 Å². The minimum atomic E-state index is -0.994. The number of rotatable bonds is 1. The third-order valence-corrected chi connectivity index (χ3v) is 9.99. The predicted molar refractivity (Wildman–Crippen MR) is 93.9 cm³/mol. The zero-order chi connectivity index (χ0) is 18.6. The van der Waals surface area contributed by atoms with Crippen molar-refractivity contribution in [3.05, 3.63) is 0 Å². The van der Waals surface area contributed by atoms with E-state index in [1.807, 2.05) is 0 Å². The Morgan fingerprint density at radius 3 is 2.69 bits per heavy atom. The van der Waals surface area contributed by atoms with Crippen LogP contribution in [0.15, 0.2) is 0 Å². The summed E-state index contributed by atoms with van der Waals surface area (Å²) in [4.78, 5) is 12.7. The number of carbonyl (C=O) groups is 1. The van der Waals surface area contributed by atoms with Crippen molar-refractivity contribution in [3.8, 4) is 0 Å². The highest BCUT2D eigenvalue weighted by atomic mass is 16.7. The average molecular weight is 364 g/mol. The zero-order valence-corrected chi connectivity index (χ0v) is 16.2. The molecule has 3 aliphatic carbocycles. The quantitative estimate of drug-likeness (QED) is 0.700. The molecule has 0 aromatic heterocycles. The van der Waals surface area contributed by atoms with Crippen LogP contribution in [-0.4, -0.2) is 41.3 Å². The Labute approximate surface area is 155 Å². The maximum Gasteiger partial charge on any atom is 0.314 e. The summed E-state index contributed by atoms with van der Waals surface area (Å²) in [5.74, 6) is 0.119. The van der Waals surface area contributed by atoms with Gasteiger partial charge in [0.1, 0.15) is 0 Å². The van der Waals surface area contributed by atoms with Crippen molar-refractivity contribution in [2.24, 2.45) is 33.5 Å². The molecule has 2 heterocycles. The van der Waals surface area contributed by atoms with Gasteiger partial charge in [0, 0.05) is 11.3 Å². The van der Waals surface area contributed by atoms with Gasteiger partial charge in [0.15, 0.2) is 0 Å². The molecule has 5 rings (SSSR count). The first-order valence-corrected chi connectivity index (χ1v) is 10.3. The Hall–Kier alpha value is -0.650. The van der Waals surface area contributed by atoms with Gasteiger partial charge in [-0.3, -0.25) is 4.79 Å². The van der Waals surface area contributed by atoms with Crippen molar-refractivity contribution in [3.63, 3.8) is 0 Å². The lowest BCUT2D eigenvalue weighted by atomic mass is 9.40. The van der Waals surface area contributed by atoms with Gasteiger partial charge in [-0.2, -0.15) is 0 Å². The van der Waals surface area contributed by atoms with Crippen molar-refractivity contribution in [2.45, 2.75) is 77.6 Å². The molecular weight excluding hydrogens is 332 g/mol. The van der Waals surface area contributed by atoms with Gasteiger partial charge >= 0.3 is 5.97 Å². The molecule has 8 atom stereocenters. The number of hydrogen-bond acceptors (Lipinski definition) is 5. The number of carbonyl (C=O) groups excluding carboxylic acids is 1. The number of ether oxygens (including phenoxy) is 2. The average Bonchev–Trinajstić information content (AvgIpc) is 2.98. The zero-order valence-electron chi connectivity index (χ0n) is 16.2. The summed E-state index contributed by atoms with van der Waals surface area (Å²) in [6.45, 7) is 7.16. The van der Waals surface area contributed by atoms with Gasteiger partial charge < -0.3 is 19.7 Å². The molecular formula is C21H32O5. The number of esters is 1. The van der Waals surface area contributed by atoms with Crippen LogP contribution >= 0.6 is 0 Å². The van der Waals surface area contributed by atoms with Crippen molar-refractivity contribution < 1.29 is 24.5 Å². The summed E-state index contributed by atoms with van der Waals surface area (Å²) in [6.07, 6.45) is 5.97. The van der Waals surface area contributed by atoms with E-state index in [9.17, 15) is 15.0 Å². The first-order valence-electron chi connectivity index (χ1n) is 10.3. The second kappa shape index (κ2) is 4.84. The van der Waals surface area contributed by atoms with Crippen molar-refractivity contribution in [2.75, 3.05) is 13.2 Å². The first kappa shape index (κ1) is 17.4. The Kier molecular flexibility index (Phi) is 3.25. The topological polar surface area (TPSA) is 76.0 Å². The molecule has 26 heavy (non-hydrogen) atoms. The van der Waals surface area contributed by atoms with Gasteiger partial charge in [-0.05, 0) is 62.2 Å². The molecule has 2 bridgehead atoms. The van der Waals surface area contributed by atoms with Gasteiger partial charge in [-0.15, -0.1) is 0 Å². The molecule has 2 N–H and O–H groups in total. The minimum Gasteiger partial charge on any atom is -0.435 e. The molecule has 2 saturated heterocycles. The van der Waals surface area contributed by atoms with Crippen LogP contribution in [0.4, 0.5) is 0 Å². The molecule has 5 fully saturated rings. The third kappa shape index (κ3) is 1.68. The Morgan fingerprint density at radius 2 is 1.96 bits per heavy atom. The largest absolute Gasteiger partial charge is 0.435 e. The van der Waals surface area contributed by atoms with Crippen LogP contribution in [0.5, 0.6) is 0 Å². The molecule has 5 heteroatoms. The fourth-order valence-electron chi connectivity index (χ4n) is 8.29. The third-order valence-electron chi connectivity index (χ3n) is 9.99. The number of hydrogen-bond donors (Lipinski definition) is 2. The van der Waals surface area contributed by atoms with E-state index >= 15 is 0 Å². The number of aliphatic hydroxyl groups is 2. The van der Waals surface area contributed by atoms with Crippen molar-refractivity contribution in [1.82, 2.24) is 0 Å². The molecule has 0 amide bonds. The lowest BCUT2D eigenvalue weighted by molar-refractivity contribution is -0.174. The summed E-state index contributed by atoms with van der Waals surface area (Å²) >= 11 is 0. The van der Waals surface area contributed by atoms with E-state index in [2.05, 4.69) is 20.8 Å². The molecule has 0 aromatic carbocycles. The summed E-state index contributed by atoms with van der Waals surface area (Å²) in [7, 11) is 0. The van der Waals surface area contributed by atoms with E-state index in [4.69, 9.17) is 9.47 Å². The van der Waals surface area contributed by atoms with E-state index in [0.717, 1.165) is 38.5 Å². The highest BCUT2D eigenvalue weighted by Crippen LogP contribution is 2.76. The van der Waals surface area contributed by atoms with Crippen LogP contribution in [0.1, 0.15) is 65.7 Å². The summed E-state index contributed by atoms with van der Waals surface area (Å²) in [5.41, 5.74) is -1.72. The monoisotopic (exact) mass is 364 g/mol. The van der Waals surface area contributed by atoms with E-state index in [0.29, 0.717) is 13.0 Å². The standard InChI is InChI=1S/C21H32O5/c1-17-6-4-7-18(2)14(17)15(26-16(17)23)25-12-20-9-13(5-8-19(18,20)3)21(24,10-20)11-22/h13-15,22,24H,4-12H2,1-3H3/t13-,14-,15-,17-,18-,19+,20+,21+/m1/s1. The van der Waals surface area contributed by atoms with E-state index in [1.54, 1.807) is 0 Å². The number of aliphatic hydroxyl groups excluding tert-OH is 1. The fraction of sp³-hybridized carbons (Fsp3) is 0.952. The minimum absolute atomic E-state index is 0.0365. The smallest absolute Gasteiger partial charge is 0.314 e. The molecule has 146 valence electrons. The Bertz CT molecular complexity index is 665. The van der Waals surface area contributed by atoms with Crippen LogP contribution in [0.25, 0.3) is 0 Å². The van der Waals surface area contributed by atoms with Crippen LogP contribution in [0.3, 0.4) is 0 Å². The fourth-order valence-corrected chi connectivity index (χ4v) is 8.29. The van der Waals surface area contributed by atoms with Gasteiger partial charge in [0.2, 0.25) is 6.29 Å². The second-order valence-electron chi connectivity index (χ2n) is 10.7. The summed E-state index contributed by atoms with van der Waals surface area (Å²) in [5, 5.41) is 21.1. The highest BCUT2D eigenvalue weighted by Gasteiger charge is 2.76. The van der Waals surface area contributed by atoms with E-state index in [-0.39, 0.29) is 40.7 Å². The van der Waals surface area contributed by atoms with Gasteiger partial charge in [0.05, 0.1) is 24.2 Å². The Balaban J connectivity index is 1.67. The van der Waals surface area contributed by atoms with Crippen LogP contribution in [0, 0.1) is 33.5 Å². The summed E-state index contributed by atoms with van der Waals surface area (Å²) < 4.78 is 12.1. The van der Waals surface area contributed by atoms with Gasteiger partial charge in [-0.1, -0.05) is 20.3 Å². The molecule has 0 radical (unpaired) electrons. The van der Waals surface area contributed by atoms with Crippen molar-refractivity contribution >= 4 is 5.97 Å². The Morgan fingerprint density at radius 1 is 1.19 bits per heavy atom. The maximum absolute atomic E-state index is 12.7. The van der Waals surface area contributed by atoms with Crippen LogP contribution in [0.2, 0.25) is 0 Å². The number of fused-ring (bicyclic) bond motifs is 2. The van der Waals surface area contributed by atoms with Crippen LogP contribution < -0.4 is 0 Å². The van der Waals surface area contributed by atoms with E-state index in [1.165, 1.54) is 0 Å². The molecule has 5 aliphatic rings. The first-order chi connectivity index (χ1) is 12.1. The highest BCUT2D eigenvalue weighted by molar-refractivity contribution is 5.79. The lowest BCUT2D eigenvalue weighted by Crippen LogP contribution is -2.59. The van der Waals surface area contributed by atoms with Crippen molar-refractivity contribution in [1.29, 1.82) is 0 Å². The van der Waals surface area contributed by atoms with Crippen LogP contribution in [-0.2, 0) is 14.3 Å². The SMILES string of the molecule is C[C@@]12CC[C@@H]3C[C@@]1(CO[C@@H]1OC(=O)[C@]4(C)CCC[C@]2(C)[C@H]14)C[C@]3(O)CO. The molecule has 1 spiro atoms. The lowest BCUT2D eigenvalue weighted by Gasteiger charge is -2.62. The predicted octanol–water partition coefficient (Wildman–Crippen LogP) is 2.63. The molecule has 5 nitrogen and oxygen atoms in total. The molecule has 2 aliphatic heterocycles. The maximum atomic E-state index is 12.7. The summed E-state index contributed by atoms with van der Waals surface area (Å²) in [6, 6.07) is 0. The molecule has 0 unspecified atom stereocenters. The second-order valence-corrected chi connectivity index (χ2v) is 10.7.